The molecule has 16 heavy (non-hydrogen) atoms. The third-order valence-corrected chi connectivity index (χ3v) is 3.80. The van der Waals surface area contributed by atoms with Crippen LogP contribution >= 0.6 is 22.9 Å². The molecule has 82 valence electrons. The van der Waals surface area contributed by atoms with Gasteiger partial charge in [-0.25, -0.2) is 15.0 Å². The first-order valence-corrected chi connectivity index (χ1v) is 6.17. The van der Waals surface area contributed by atoms with Gasteiger partial charge in [-0.3, -0.25) is 0 Å². The molecule has 2 heterocycles. The SMILES string of the molecule is Nc1ncc(Cl)nc1-c1cnc(C2CC2)s1. The van der Waals surface area contributed by atoms with Gasteiger partial charge in [0.1, 0.15) is 10.8 Å². The van der Waals surface area contributed by atoms with Crippen LogP contribution in [0.2, 0.25) is 5.15 Å². The van der Waals surface area contributed by atoms with Crippen molar-refractivity contribution in [2.24, 2.45) is 0 Å². The average Bonchev–Trinajstić information content (AvgIpc) is 3.01. The molecule has 1 saturated carbocycles. The molecular weight excluding hydrogens is 244 g/mol. The van der Waals surface area contributed by atoms with Crippen molar-refractivity contribution in [3.8, 4) is 10.6 Å². The van der Waals surface area contributed by atoms with Gasteiger partial charge in [-0.15, -0.1) is 11.3 Å². The molecule has 0 aliphatic heterocycles. The maximum atomic E-state index is 5.80. The first kappa shape index (κ1) is 9.99. The molecule has 0 radical (unpaired) electrons. The van der Waals surface area contributed by atoms with Gasteiger partial charge in [0.2, 0.25) is 0 Å². The van der Waals surface area contributed by atoms with E-state index in [1.807, 2.05) is 0 Å². The van der Waals surface area contributed by atoms with E-state index in [4.69, 9.17) is 17.3 Å². The molecule has 0 bridgehead atoms. The summed E-state index contributed by atoms with van der Waals surface area (Å²) in [5.74, 6) is 1.04. The molecule has 0 atom stereocenters. The largest absolute Gasteiger partial charge is 0.382 e. The maximum absolute atomic E-state index is 5.80. The van der Waals surface area contributed by atoms with Gasteiger partial charge < -0.3 is 5.73 Å². The summed E-state index contributed by atoms with van der Waals surface area (Å²) in [6, 6.07) is 0. The van der Waals surface area contributed by atoms with E-state index in [1.54, 1.807) is 17.5 Å². The Hall–Kier alpha value is -1.20. The fraction of sp³-hybridized carbons (Fsp3) is 0.300. The number of nitrogen functional groups attached to an aromatic ring is 1. The Morgan fingerprint density at radius 2 is 2.12 bits per heavy atom. The molecule has 0 aromatic carbocycles. The highest BCUT2D eigenvalue weighted by Crippen LogP contribution is 2.43. The van der Waals surface area contributed by atoms with E-state index in [9.17, 15) is 0 Å². The summed E-state index contributed by atoms with van der Waals surface area (Å²) < 4.78 is 0. The van der Waals surface area contributed by atoms with Crippen LogP contribution in [0.3, 0.4) is 0 Å². The van der Waals surface area contributed by atoms with Crippen LogP contribution < -0.4 is 5.73 Å². The number of hydrogen-bond acceptors (Lipinski definition) is 5. The zero-order chi connectivity index (χ0) is 11.1. The molecule has 1 fully saturated rings. The molecule has 0 unspecified atom stereocenters. The molecule has 2 aromatic rings. The van der Waals surface area contributed by atoms with Gasteiger partial charge >= 0.3 is 0 Å². The highest BCUT2D eigenvalue weighted by atomic mass is 35.5. The smallest absolute Gasteiger partial charge is 0.151 e. The Kier molecular flexibility index (Phi) is 2.29. The van der Waals surface area contributed by atoms with Crippen molar-refractivity contribution in [3.63, 3.8) is 0 Å². The predicted octanol–water partition coefficient (Wildman–Crippen LogP) is 2.71. The topological polar surface area (TPSA) is 64.7 Å². The van der Waals surface area contributed by atoms with E-state index in [-0.39, 0.29) is 0 Å². The number of thiazole rings is 1. The van der Waals surface area contributed by atoms with Gasteiger partial charge in [0.15, 0.2) is 5.82 Å². The summed E-state index contributed by atoms with van der Waals surface area (Å²) in [6.07, 6.45) is 5.73. The third-order valence-electron chi connectivity index (χ3n) is 2.45. The highest BCUT2D eigenvalue weighted by molar-refractivity contribution is 7.15. The minimum absolute atomic E-state index is 0.352. The molecule has 2 N–H and O–H groups in total. The lowest BCUT2D eigenvalue weighted by Gasteiger charge is -1.99. The lowest BCUT2D eigenvalue weighted by molar-refractivity contribution is 1.08. The summed E-state index contributed by atoms with van der Waals surface area (Å²) in [4.78, 5) is 13.5. The average molecular weight is 253 g/mol. The molecule has 3 rings (SSSR count). The van der Waals surface area contributed by atoms with Crippen molar-refractivity contribution in [2.75, 3.05) is 5.73 Å². The highest BCUT2D eigenvalue weighted by Gasteiger charge is 2.27. The molecule has 1 aliphatic carbocycles. The number of hydrogen-bond donors (Lipinski definition) is 1. The summed E-state index contributed by atoms with van der Waals surface area (Å²) in [7, 11) is 0. The molecule has 2 aromatic heterocycles. The molecule has 0 amide bonds. The monoisotopic (exact) mass is 252 g/mol. The first-order valence-electron chi connectivity index (χ1n) is 4.98. The number of aromatic nitrogens is 3. The van der Waals surface area contributed by atoms with Gasteiger partial charge in [-0.05, 0) is 12.8 Å². The second-order valence-electron chi connectivity index (χ2n) is 3.76. The van der Waals surface area contributed by atoms with Crippen molar-refractivity contribution < 1.29 is 0 Å². The van der Waals surface area contributed by atoms with Crippen molar-refractivity contribution >= 4 is 28.8 Å². The second-order valence-corrected chi connectivity index (χ2v) is 5.21. The minimum Gasteiger partial charge on any atom is -0.382 e. The van der Waals surface area contributed by atoms with Crippen molar-refractivity contribution in [1.82, 2.24) is 15.0 Å². The predicted molar refractivity (Wildman–Crippen MR) is 64.5 cm³/mol. The second kappa shape index (κ2) is 3.68. The number of rotatable bonds is 2. The maximum Gasteiger partial charge on any atom is 0.151 e. The van der Waals surface area contributed by atoms with Gasteiger partial charge in [-0.2, -0.15) is 0 Å². The number of halogens is 1. The number of nitrogens with two attached hydrogens (primary N) is 1. The van der Waals surface area contributed by atoms with Crippen LogP contribution in [0.15, 0.2) is 12.4 Å². The van der Waals surface area contributed by atoms with Crippen LogP contribution in [0.5, 0.6) is 0 Å². The van der Waals surface area contributed by atoms with Crippen molar-refractivity contribution in [1.29, 1.82) is 0 Å². The summed E-state index contributed by atoms with van der Waals surface area (Å²) in [5.41, 5.74) is 6.41. The Bertz CT molecular complexity index is 535. The van der Waals surface area contributed by atoms with Crippen LogP contribution in [0.4, 0.5) is 5.82 Å². The molecule has 6 heteroatoms. The number of nitrogens with zero attached hydrogens (tertiary/aromatic N) is 3. The van der Waals surface area contributed by atoms with Gasteiger partial charge in [0.25, 0.3) is 0 Å². The lowest BCUT2D eigenvalue weighted by atomic mass is 10.3. The van der Waals surface area contributed by atoms with Gasteiger partial charge in [-0.1, -0.05) is 11.6 Å². The van der Waals surface area contributed by atoms with E-state index < -0.39 is 0 Å². The first-order chi connectivity index (χ1) is 7.74. The molecule has 0 spiro atoms. The van der Waals surface area contributed by atoms with Crippen molar-refractivity contribution in [2.45, 2.75) is 18.8 Å². The van der Waals surface area contributed by atoms with Crippen LogP contribution in [0.25, 0.3) is 10.6 Å². The summed E-state index contributed by atoms with van der Waals surface area (Å²) in [6.45, 7) is 0. The van der Waals surface area contributed by atoms with E-state index in [2.05, 4.69) is 15.0 Å². The summed E-state index contributed by atoms with van der Waals surface area (Å²) in [5, 5.41) is 1.52. The van der Waals surface area contributed by atoms with Gasteiger partial charge in [0, 0.05) is 12.1 Å². The van der Waals surface area contributed by atoms with Gasteiger partial charge in [0.05, 0.1) is 16.1 Å². The van der Waals surface area contributed by atoms with Crippen LogP contribution in [0.1, 0.15) is 23.8 Å². The fourth-order valence-electron chi connectivity index (χ4n) is 1.47. The van der Waals surface area contributed by atoms with Crippen LogP contribution in [-0.4, -0.2) is 15.0 Å². The third kappa shape index (κ3) is 1.76. The fourth-order valence-corrected chi connectivity index (χ4v) is 2.69. The van der Waals surface area contributed by atoms with Crippen molar-refractivity contribution in [3.05, 3.63) is 22.6 Å². The standard InChI is InChI=1S/C10H9ClN4S/c11-7-4-13-9(12)8(15-7)6-3-14-10(16-6)5-1-2-5/h3-5H,1-2H2,(H2,12,13). The number of anilines is 1. The van der Waals surface area contributed by atoms with E-state index in [1.165, 1.54) is 19.0 Å². The Labute approximate surface area is 102 Å². The quantitative estimate of drug-likeness (QED) is 0.893. The molecule has 1 aliphatic rings. The zero-order valence-electron chi connectivity index (χ0n) is 8.35. The van der Waals surface area contributed by atoms with E-state index in [0.29, 0.717) is 22.6 Å². The normalized spacial score (nSPS) is 15.3. The Balaban J connectivity index is 2.03. The Morgan fingerprint density at radius 3 is 2.88 bits per heavy atom. The molecular formula is C10H9ClN4S. The Morgan fingerprint density at radius 1 is 1.31 bits per heavy atom. The van der Waals surface area contributed by atoms with Crippen LogP contribution in [-0.2, 0) is 0 Å². The summed E-state index contributed by atoms with van der Waals surface area (Å²) >= 11 is 7.43. The molecule has 4 nitrogen and oxygen atoms in total. The molecule has 0 saturated heterocycles. The minimum atomic E-state index is 0.352. The van der Waals surface area contributed by atoms with E-state index in [0.717, 1.165) is 9.88 Å². The lowest BCUT2D eigenvalue weighted by Crippen LogP contribution is -1.95. The van der Waals surface area contributed by atoms with E-state index >= 15 is 0 Å². The zero-order valence-corrected chi connectivity index (χ0v) is 9.92. The van der Waals surface area contributed by atoms with Crippen LogP contribution in [0, 0.1) is 0 Å².